The van der Waals surface area contributed by atoms with E-state index in [2.05, 4.69) is 0 Å². The minimum absolute atomic E-state index is 0.0898. The van der Waals surface area contributed by atoms with Crippen LogP contribution in [0.15, 0.2) is 36.4 Å². The van der Waals surface area contributed by atoms with Gasteiger partial charge in [0.15, 0.2) is 17.4 Å². The Morgan fingerprint density at radius 2 is 1.89 bits per heavy atom. The summed E-state index contributed by atoms with van der Waals surface area (Å²) in [5.41, 5.74) is -0.265. The number of carbonyl (C=O) groups excluding carboxylic acids is 1. The van der Waals surface area contributed by atoms with Crippen LogP contribution in [0.4, 0.5) is 8.78 Å². The standard InChI is InChI=1S/C14H9ClF2O2/c1-19-8-5-6-9(11(15)7-8)14(18)10-3-2-4-12(16)13(10)17/h2-7H,1H3. The molecule has 0 atom stereocenters. The lowest BCUT2D eigenvalue weighted by molar-refractivity contribution is 0.103. The highest BCUT2D eigenvalue weighted by Crippen LogP contribution is 2.25. The molecule has 2 aromatic carbocycles. The highest BCUT2D eigenvalue weighted by molar-refractivity contribution is 6.35. The SMILES string of the molecule is COc1ccc(C(=O)c2cccc(F)c2F)c(Cl)c1. The molecular weight excluding hydrogens is 274 g/mol. The van der Waals surface area contributed by atoms with Crippen LogP contribution in [0.5, 0.6) is 5.75 Å². The minimum atomic E-state index is -1.18. The molecule has 0 bridgehead atoms. The number of benzene rings is 2. The predicted molar refractivity (Wildman–Crippen MR) is 67.8 cm³/mol. The molecule has 2 nitrogen and oxygen atoms in total. The van der Waals surface area contributed by atoms with E-state index in [9.17, 15) is 13.6 Å². The fraction of sp³-hybridized carbons (Fsp3) is 0.0714. The van der Waals surface area contributed by atoms with E-state index < -0.39 is 17.4 Å². The maximum Gasteiger partial charge on any atom is 0.197 e. The second kappa shape index (κ2) is 5.36. The molecule has 0 N–H and O–H groups in total. The maximum atomic E-state index is 13.6. The zero-order chi connectivity index (χ0) is 14.0. The predicted octanol–water partition coefficient (Wildman–Crippen LogP) is 3.86. The summed E-state index contributed by atoms with van der Waals surface area (Å²) in [5, 5.41) is 0.119. The number of methoxy groups -OCH3 is 1. The number of hydrogen-bond acceptors (Lipinski definition) is 2. The van der Waals surface area contributed by atoms with Gasteiger partial charge in [-0.05, 0) is 30.3 Å². The van der Waals surface area contributed by atoms with E-state index >= 15 is 0 Å². The molecule has 0 spiro atoms. The largest absolute Gasteiger partial charge is 0.497 e. The molecule has 0 amide bonds. The summed E-state index contributed by atoms with van der Waals surface area (Å²) in [6.45, 7) is 0. The highest BCUT2D eigenvalue weighted by atomic mass is 35.5. The quantitative estimate of drug-likeness (QED) is 0.799. The zero-order valence-corrected chi connectivity index (χ0v) is 10.7. The van der Waals surface area contributed by atoms with E-state index in [0.717, 1.165) is 6.07 Å². The first-order valence-electron chi connectivity index (χ1n) is 5.37. The van der Waals surface area contributed by atoms with Crippen LogP contribution in [-0.2, 0) is 0 Å². The van der Waals surface area contributed by atoms with Crippen molar-refractivity contribution in [3.8, 4) is 5.75 Å². The first-order chi connectivity index (χ1) is 9.04. The zero-order valence-electron chi connectivity index (χ0n) is 9.91. The number of ketones is 1. The van der Waals surface area contributed by atoms with Crippen molar-refractivity contribution in [1.29, 1.82) is 0 Å². The molecule has 0 unspecified atom stereocenters. The first-order valence-corrected chi connectivity index (χ1v) is 5.74. The van der Waals surface area contributed by atoms with Crippen LogP contribution in [0.25, 0.3) is 0 Å². The molecule has 0 aromatic heterocycles. The van der Waals surface area contributed by atoms with E-state index in [4.69, 9.17) is 16.3 Å². The number of rotatable bonds is 3. The molecule has 5 heteroatoms. The van der Waals surface area contributed by atoms with Crippen LogP contribution < -0.4 is 4.74 Å². The van der Waals surface area contributed by atoms with Gasteiger partial charge in [0.2, 0.25) is 0 Å². The summed E-state index contributed by atoms with van der Waals surface area (Å²) in [5.74, 6) is -2.46. The van der Waals surface area contributed by atoms with E-state index in [1.54, 1.807) is 0 Å². The van der Waals surface area contributed by atoms with Crippen molar-refractivity contribution < 1.29 is 18.3 Å². The van der Waals surface area contributed by atoms with Crippen molar-refractivity contribution in [1.82, 2.24) is 0 Å². The molecule has 2 aromatic rings. The van der Waals surface area contributed by atoms with Crippen LogP contribution in [0, 0.1) is 11.6 Å². The number of ether oxygens (including phenoxy) is 1. The molecule has 98 valence electrons. The average Bonchev–Trinajstić information content (AvgIpc) is 2.41. The summed E-state index contributed by atoms with van der Waals surface area (Å²) in [7, 11) is 1.46. The topological polar surface area (TPSA) is 26.3 Å². The van der Waals surface area contributed by atoms with Gasteiger partial charge in [-0.1, -0.05) is 17.7 Å². The minimum Gasteiger partial charge on any atom is -0.497 e. The number of hydrogen-bond donors (Lipinski definition) is 0. The Bertz CT molecular complexity index is 641. The highest BCUT2D eigenvalue weighted by Gasteiger charge is 2.19. The molecule has 0 aliphatic rings. The molecular formula is C14H9ClF2O2. The number of carbonyl (C=O) groups is 1. The van der Waals surface area contributed by atoms with Crippen LogP contribution >= 0.6 is 11.6 Å². The van der Waals surface area contributed by atoms with Gasteiger partial charge < -0.3 is 4.74 Å². The fourth-order valence-electron chi connectivity index (χ4n) is 1.63. The van der Waals surface area contributed by atoms with Crippen LogP contribution in [0.2, 0.25) is 5.02 Å². The third-order valence-electron chi connectivity index (χ3n) is 2.62. The van der Waals surface area contributed by atoms with E-state index in [1.807, 2.05) is 0 Å². The van der Waals surface area contributed by atoms with Gasteiger partial charge in [0.25, 0.3) is 0 Å². The Labute approximate surface area is 113 Å². The molecule has 0 saturated heterocycles. The smallest absolute Gasteiger partial charge is 0.197 e. The second-order valence-corrected chi connectivity index (χ2v) is 4.18. The normalized spacial score (nSPS) is 10.3. The van der Waals surface area contributed by atoms with E-state index in [1.165, 1.54) is 37.4 Å². The van der Waals surface area contributed by atoms with Gasteiger partial charge >= 0.3 is 0 Å². The maximum absolute atomic E-state index is 13.6. The Balaban J connectivity index is 2.47. The molecule has 2 rings (SSSR count). The monoisotopic (exact) mass is 282 g/mol. The van der Waals surface area contributed by atoms with Crippen LogP contribution in [0.1, 0.15) is 15.9 Å². The second-order valence-electron chi connectivity index (χ2n) is 3.78. The Morgan fingerprint density at radius 1 is 1.16 bits per heavy atom. The molecule has 19 heavy (non-hydrogen) atoms. The van der Waals surface area contributed by atoms with Crippen molar-refractivity contribution >= 4 is 17.4 Å². The molecule has 0 aliphatic heterocycles. The van der Waals surface area contributed by atoms with Gasteiger partial charge in [-0.2, -0.15) is 0 Å². The molecule has 0 radical (unpaired) electrons. The van der Waals surface area contributed by atoms with Crippen LogP contribution in [-0.4, -0.2) is 12.9 Å². The Hall–Kier alpha value is -1.94. The summed E-state index contributed by atoms with van der Waals surface area (Å²) < 4.78 is 31.6. The lowest BCUT2D eigenvalue weighted by atomic mass is 10.0. The van der Waals surface area contributed by atoms with Gasteiger partial charge in [-0.15, -0.1) is 0 Å². The van der Waals surface area contributed by atoms with Crippen molar-refractivity contribution in [2.24, 2.45) is 0 Å². The molecule has 0 heterocycles. The van der Waals surface area contributed by atoms with Gasteiger partial charge in [0.05, 0.1) is 17.7 Å². The van der Waals surface area contributed by atoms with Crippen molar-refractivity contribution in [3.05, 3.63) is 64.2 Å². The lowest BCUT2D eigenvalue weighted by Crippen LogP contribution is -2.06. The summed E-state index contributed by atoms with van der Waals surface area (Å²) in [6.07, 6.45) is 0. The molecule has 0 aliphatic carbocycles. The molecule has 0 fully saturated rings. The fourth-order valence-corrected chi connectivity index (χ4v) is 1.89. The Kier molecular flexibility index (Phi) is 3.81. The summed E-state index contributed by atoms with van der Waals surface area (Å²) in [4.78, 5) is 12.1. The Morgan fingerprint density at radius 3 is 2.53 bits per heavy atom. The van der Waals surface area contributed by atoms with E-state index in [-0.39, 0.29) is 16.1 Å². The van der Waals surface area contributed by atoms with Crippen molar-refractivity contribution in [3.63, 3.8) is 0 Å². The lowest BCUT2D eigenvalue weighted by Gasteiger charge is -2.07. The van der Waals surface area contributed by atoms with Crippen LogP contribution in [0.3, 0.4) is 0 Å². The van der Waals surface area contributed by atoms with Gasteiger partial charge in [-0.25, -0.2) is 8.78 Å². The number of halogens is 3. The molecule has 0 saturated carbocycles. The summed E-state index contributed by atoms with van der Waals surface area (Å²) >= 11 is 5.93. The first kappa shape index (κ1) is 13.5. The van der Waals surface area contributed by atoms with E-state index in [0.29, 0.717) is 5.75 Å². The van der Waals surface area contributed by atoms with Gasteiger partial charge in [0, 0.05) is 5.56 Å². The van der Waals surface area contributed by atoms with Gasteiger partial charge in [-0.3, -0.25) is 4.79 Å². The van der Waals surface area contributed by atoms with Crippen molar-refractivity contribution in [2.45, 2.75) is 0 Å². The third kappa shape index (κ3) is 2.58. The van der Waals surface area contributed by atoms with Gasteiger partial charge in [0.1, 0.15) is 5.75 Å². The average molecular weight is 283 g/mol. The summed E-state index contributed by atoms with van der Waals surface area (Å²) in [6, 6.07) is 7.79. The third-order valence-corrected chi connectivity index (χ3v) is 2.93. The van der Waals surface area contributed by atoms with Crippen molar-refractivity contribution in [2.75, 3.05) is 7.11 Å².